The van der Waals surface area contributed by atoms with Gasteiger partial charge in [0.25, 0.3) is 5.70 Å². The first-order valence-electron chi connectivity index (χ1n) is 8.51. The number of hydrogen-bond acceptors (Lipinski definition) is 2. The van der Waals surface area contributed by atoms with Gasteiger partial charge in [0.2, 0.25) is 0 Å². The van der Waals surface area contributed by atoms with Crippen molar-refractivity contribution in [3.05, 3.63) is 95.6 Å². The number of benzene rings is 2. The summed E-state index contributed by atoms with van der Waals surface area (Å²) in [5.74, 6) is -0.397. The lowest BCUT2D eigenvalue weighted by molar-refractivity contribution is -0.575. The molecule has 0 saturated heterocycles. The van der Waals surface area contributed by atoms with Gasteiger partial charge in [-0.25, -0.2) is 4.39 Å². The fraction of sp³-hybridized carbons (Fsp3) is 0.0909. The van der Waals surface area contributed by atoms with Gasteiger partial charge in [-0.15, -0.1) is 0 Å². The van der Waals surface area contributed by atoms with Gasteiger partial charge in [-0.1, -0.05) is 36.5 Å². The molecule has 0 fully saturated rings. The SMILES string of the molecule is Cc1cccc(C)c1NC(=S)/C(=C(\O)c1ccc(F)cc1)[n+]1ccccc1. The van der Waals surface area contributed by atoms with Crippen molar-refractivity contribution in [2.45, 2.75) is 13.8 Å². The van der Waals surface area contributed by atoms with E-state index in [-0.39, 0.29) is 11.6 Å². The second kappa shape index (κ2) is 8.10. The fourth-order valence-electron chi connectivity index (χ4n) is 2.82. The van der Waals surface area contributed by atoms with Gasteiger partial charge in [-0.05, 0) is 49.2 Å². The third-order valence-corrected chi connectivity index (χ3v) is 4.55. The molecule has 0 aliphatic rings. The van der Waals surface area contributed by atoms with Crippen LogP contribution in [0.3, 0.4) is 0 Å². The molecule has 2 aromatic carbocycles. The predicted octanol–water partition coefficient (Wildman–Crippen LogP) is 5.05. The molecule has 0 bridgehead atoms. The van der Waals surface area contributed by atoms with Gasteiger partial charge in [-0.3, -0.25) is 0 Å². The van der Waals surface area contributed by atoms with E-state index in [0.29, 0.717) is 16.2 Å². The molecule has 0 radical (unpaired) electrons. The molecule has 0 aliphatic carbocycles. The van der Waals surface area contributed by atoms with Gasteiger partial charge < -0.3 is 10.4 Å². The number of nitrogens with one attached hydrogen (secondary N) is 1. The zero-order chi connectivity index (χ0) is 19.4. The second-order valence-electron chi connectivity index (χ2n) is 6.21. The molecule has 27 heavy (non-hydrogen) atoms. The van der Waals surface area contributed by atoms with Crippen LogP contribution in [0.15, 0.2) is 73.1 Å². The number of hydrogen-bond donors (Lipinski definition) is 2. The zero-order valence-electron chi connectivity index (χ0n) is 15.1. The number of pyridine rings is 1. The minimum absolute atomic E-state index is 0.0325. The van der Waals surface area contributed by atoms with Crippen molar-refractivity contribution >= 4 is 34.3 Å². The molecule has 0 aliphatic heterocycles. The molecule has 0 atom stereocenters. The molecule has 3 aromatic rings. The Morgan fingerprint density at radius 2 is 1.52 bits per heavy atom. The van der Waals surface area contributed by atoms with Crippen molar-refractivity contribution in [2.24, 2.45) is 0 Å². The third kappa shape index (κ3) is 4.20. The molecular formula is C22H20FN2OS+. The minimum atomic E-state index is -0.364. The number of para-hydroxylation sites is 1. The fourth-order valence-corrected chi connectivity index (χ4v) is 3.13. The Kier molecular flexibility index (Phi) is 5.62. The highest BCUT2D eigenvalue weighted by atomic mass is 32.1. The lowest BCUT2D eigenvalue weighted by atomic mass is 10.1. The maximum atomic E-state index is 13.3. The Labute approximate surface area is 163 Å². The Balaban J connectivity index is 2.09. The van der Waals surface area contributed by atoms with Crippen LogP contribution in [0, 0.1) is 19.7 Å². The zero-order valence-corrected chi connectivity index (χ0v) is 15.9. The Morgan fingerprint density at radius 3 is 2.11 bits per heavy atom. The van der Waals surface area contributed by atoms with Crippen LogP contribution in [0.5, 0.6) is 0 Å². The molecule has 1 aromatic heterocycles. The van der Waals surface area contributed by atoms with E-state index in [1.54, 1.807) is 17.0 Å². The summed E-state index contributed by atoms with van der Waals surface area (Å²) in [5.41, 5.74) is 3.91. The normalized spacial score (nSPS) is 11.7. The number of aromatic nitrogens is 1. The van der Waals surface area contributed by atoms with E-state index in [1.807, 2.05) is 50.2 Å². The molecule has 0 unspecified atom stereocenters. The van der Waals surface area contributed by atoms with Crippen molar-refractivity contribution in [1.29, 1.82) is 0 Å². The van der Waals surface area contributed by atoms with Crippen LogP contribution in [-0.2, 0) is 0 Å². The largest absolute Gasteiger partial charge is 0.502 e. The van der Waals surface area contributed by atoms with Crippen LogP contribution in [0.25, 0.3) is 11.5 Å². The Hall–Kier alpha value is -3.05. The highest BCUT2D eigenvalue weighted by Crippen LogP contribution is 2.23. The van der Waals surface area contributed by atoms with Crippen LogP contribution in [0.1, 0.15) is 16.7 Å². The van der Waals surface area contributed by atoms with E-state index >= 15 is 0 Å². The number of halogens is 1. The first-order valence-corrected chi connectivity index (χ1v) is 8.91. The lowest BCUT2D eigenvalue weighted by Crippen LogP contribution is -2.38. The Morgan fingerprint density at radius 1 is 0.926 bits per heavy atom. The lowest BCUT2D eigenvalue weighted by Gasteiger charge is -2.14. The number of thiocarbonyl (C=S) groups is 1. The Bertz CT molecular complexity index is 978. The van der Waals surface area contributed by atoms with Gasteiger partial charge in [0.15, 0.2) is 23.1 Å². The van der Waals surface area contributed by atoms with Crippen LogP contribution in [0.4, 0.5) is 10.1 Å². The van der Waals surface area contributed by atoms with Crippen molar-refractivity contribution in [2.75, 3.05) is 5.32 Å². The van der Waals surface area contributed by atoms with Crippen LogP contribution in [0.2, 0.25) is 0 Å². The summed E-state index contributed by atoms with van der Waals surface area (Å²) in [7, 11) is 0. The first kappa shape index (κ1) is 18.7. The summed E-state index contributed by atoms with van der Waals surface area (Å²) in [4.78, 5) is 0.366. The van der Waals surface area contributed by atoms with E-state index in [1.165, 1.54) is 24.3 Å². The van der Waals surface area contributed by atoms with Crippen LogP contribution in [-0.4, -0.2) is 10.1 Å². The van der Waals surface area contributed by atoms with E-state index in [9.17, 15) is 9.50 Å². The number of nitrogens with zero attached hydrogens (tertiary/aromatic N) is 1. The number of aryl methyl sites for hydroxylation is 2. The van der Waals surface area contributed by atoms with Crippen molar-refractivity contribution in [3.8, 4) is 0 Å². The molecule has 3 rings (SSSR count). The first-order chi connectivity index (χ1) is 13.0. The molecule has 2 N–H and O–H groups in total. The average molecular weight is 379 g/mol. The van der Waals surface area contributed by atoms with Gasteiger partial charge >= 0.3 is 0 Å². The smallest absolute Gasteiger partial charge is 0.288 e. The maximum absolute atomic E-state index is 13.3. The topological polar surface area (TPSA) is 36.1 Å². The molecule has 5 heteroatoms. The average Bonchev–Trinajstić information content (AvgIpc) is 2.66. The van der Waals surface area contributed by atoms with E-state index in [4.69, 9.17) is 12.2 Å². The predicted molar refractivity (Wildman–Crippen MR) is 111 cm³/mol. The van der Waals surface area contributed by atoms with Crippen LogP contribution >= 0.6 is 12.2 Å². The molecular weight excluding hydrogens is 359 g/mol. The standard InChI is InChI=1S/C22H19FN2OS/c1-15-7-6-8-16(2)19(15)24-22(27)20(25-13-4-3-5-14-25)21(26)17-9-11-18(23)12-10-17/h3-14H,1-2H3,(H-,24,26,27)/p+1. The maximum Gasteiger partial charge on any atom is 0.288 e. The molecule has 1 heterocycles. The second-order valence-corrected chi connectivity index (χ2v) is 6.62. The van der Waals surface area contributed by atoms with Crippen LogP contribution < -0.4 is 9.88 Å². The monoisotopic (exact) mass is 379 g/mol. The number of aliphatic hydroxyl groups excluding tert-OH is 1. The summed E-state index contributed by atoms with van der Waals surface area (Å²) in [5, 5.41) is 14.2. The van der Waals surface area contributed by atoms with Gasteiger partial charge in [0.05, 0.1) is 0 Å². The highest BCUT2D eigenvalue weighted by molar-refractivity contribution is 7.81. The number of aliphatic hydroxyl groups is 1. The van der Waals surface area contributed by atoms with Gasteiger partial charge in [0.1, 0.15) is 5.82 Å². The summed E-state index contributed by atoms with van der Waals surface area (Å²) in [6, 6.07) is 17.2. The third-order valence-electron chi connectivity index (χ3n) is 4.25. The van der Waals surface area contributed by atoms with E-state index in [0.717, 1.165) is 16.8 Å². The minimum Gasteiger partial charge on any atom is -0.502 e. The summed E-state index contributed by atoms with van der Waals surface area (Å²) in [6.45, 7) is 3.99. The highest BCUT2D eigenvalue weighted by Gasteiger charge is 2.24. The summed E-state index contributed by atoms with van der Waals surface area (Å²) in [6.07, 6.45) is 3.60. The van der Waals surface area contributed by atoms with Gasteiger partial charge in [0, 0.05) is 23.4 Å². The number of anilines is 1. The van der Waals surface area contributed by atoms with Crippen molar-refractivity contribution in [3.63, 3.8) is 0 Å². The quantitative estimate of drug-likeness (QED) is 0.288. The molecule has 0 spiro atoms. The summed E-state index contributed by atoms with van der Waals surface area (Å²) < 4.78 is 15.0. The van der Waals surface area contributed by atoms with Crippen molar-refractivity contribution < 1.29 is 14.1 Å². The van der Waals surface area contributed by atoms with Crippen molar-refractivity contribution in [1.82, 2.24) is 0 Å². The van der Waals surface area contributed by atoms with E-state index < -0.39 is 0 Å². The molecule has 136 valence electrons. The van der Waals surface area contributed by atoms with E-state index in [2.05, 4.69) is 5.32 Å². The molecule has 3 nitrogen and oxygen atoms in total. The summed E-state index contributed by atoms with van der Waals surface area (Å²) >= 11 is 5.64. The number of rotatable bonds is 4. The molecule has 0 saturated carbocycles. The molecule has 0 amide bonds. The van der Waals surface area contributed by atoms with Gasteiger partial charge in [-0.2, -0.15) is 4.57 Å².